The summed E-state index contributed by atoms with van der Waals surface area (Å²) < 4.78 is 0. The summed E-state index contributed by atoms with van der Waals surface area (Å²) in [5.41, 5.74) is 4.94. The number of hydrogen-bond donors (Lipinski definition) is 4. The van der Waals surface area contributed by atoms with E-state index in [0.717, 1.165) is 12.1 Å². The Hall–Kier alpha value is -3.00. The molecule has 2 heterocycles. The first-order valence-corrected chi connectivity index (χ1v) is 9.00. The van der Waals surface area contributed by atoms with Gasteiger partial charge in [0.25, 0.3) is 0 Å². The van der Waals surface area contributed by atoms with Gasteiger partial charge in [-0.15, -0.1) is 0 Å². The summed E-state index contributed by atoms with van der Waals surface area (Å²) in [6.45, 7) is 2.64. The Morgan fingerprint density at radius 3 is 2.78 bits per heavy atom. The second-order valence-electron chi connectivity index (χ2n) is 6.59. The van der Waals surface area contributed by atoms with Gasteiger partial charge in [-0.2, -0.15) is 5.10 Å². The monoisotopic (exact) mass is 368 g/mol. The highest BCUT2D eigenvalue weighted by atomic mass is 16.4. The highest BCUT2D eigenvalue weighted by molar-refractivity contribution is 5.78. The first-order chi connectivity index (χ1) is 13.2. The molecule has 1 fully saturated rings. The van der Waals surface area contributed by atoms with Crippen LogP contribution in [0.25, 0.3) is 0 Å². The fraction of sp³-hybridized carbons (Fsp3) is 0.368. The van der Waals surface area contributed by atoms with E-state index < -0.39 is 5.97 Å². The third kappa shape index (κ3) is 6.03. The minimum atomic E-state index is -0.742. The van der Waals surface area contributed by atoms with Crippen LogP contribution in [0.15, 0.2) is 47.8 Å². The van der Waals surface area contributed by atoms with Gasteiger partial charge < -0.3 is 21.2 Å². The van der Waals surface area contributed by atoms with Crippen molar-refractivity contribution in [1.29, 1.82) is 0 Å². The van der Waals surface area contributed by atoms with E-state index in [2.05, 4.69) is 31.1 Å². The van der Waals surface area contributed by atoms with Crippen LogP contribution in [0.3, 0.4) is 0 Å². The predicted octanol–water partition coefficient (Wildman–Crippen LogP) is 1.32. The highest BCUT2D eigenvalue weighted by Crippen LogP contribution is 2.15. The van der Waals surface area contributed by atoms with E-state index in [0.29, 0.717) is 32.0 Å². The standard InChI is InChI=1S/C19H24N6O2/c26-18(27)17-6-15(7-20-13-17)11-24-25-12-16-9-22-19(23-10-16)21-8-14-4-2-1-3-5-14/h1-5,9-10,12,15,17,20,24H,6-8,11,13H2,(H,26,27)(H,21,22,23)/b25-12+/t15-,17+/m0/s1. The first kappa shape index (κ1) is 18.8. The van der Waals surface area contributed by atoms with E-state index in [1.807, 2.05) is 30.3 Å². The van der Waals surface area contributed by atoms with Crippen molar-refractivity contribution in [2.75, 3.05) is 25.0 Å². The summed E-state index contributed by atoms with van der Waals surface area (Å²) in [5, 5.41) is 19.6. The molecule has 27 heavy (non-hydrogen) atoms. The number of nitrogens with zero attached hydrogens (tertiary/aromatic N) is 3. The zero-order chi connectivity index (χ0) is 18.9. The topological polar surface area (TPSA) is 112 Å². The van der Waals surface area contributed by atoms with Gasteiger partial charge in [-0.05, 0) is 24.4 Å². The van der Waals surface area contributed by atoms with E-state index in [1.165, 1.54) is 5.56 Å². The van der Waals surface area contributed by atoms with Gasteiger partial charge >= 0.3 is 5.97 Å². The minimum Gasteiger partial charge on any atom is -0.481 e. The number of anilines is 1. The second kappa shape index (κ2) is 9.63. The predicted molar refractivity (Wildman–Crippen MR) is 103 cm³/mol. The Balaban J connectivity index is 1.41. The summed E-state index contributed by atoms with van der Waals surface area (Å²) in [4.78, 5) is 19.6. The summed E-state index contributed by atoms with van der Waals surface area (Å²) >= 11 is 0. The van der Waals surface area contributed by atoms with Crippen LogP contribution in [0.2, 0.25) is 0 Å². The normalized spacial score (nSPS) is 19.7. The van der Waals surface area contributed by atoms with E-state index >= 15 is 0 Å². The molecule has 8 heteroatoms. The molecule has 0 bridgehead atoms. The highest BCUT2D eigenvalue weighted by Gasteiger charge is 2.26. The summed E-state index contributed by atoms with van der Waals surface area (Å²) in [6, 6.07) is 10.1. The van der Waals surface area contributed by atoms with Crippen molar-refractivity contribution in [2.45, 2.75) is 13.0 Å². The Morgan fingerprint density at radius 2 is 2.04 bits per heavy atom. The Kier molecular flexibility index (Phi) is 6.70. The maximum Gasteiger partial charge on any atom is 0.307 e. The molecule has 2 aromatic rings. The number of piperidine rings is 1. The number of carbonyl (C=O) groups is 1. The van der Waals surface area contributed by atoms with Crippen LogP contribution in [-0.4, -0.2) is 46.9 Å². The van der Waals surface area contributed by atoms with Gasteiger partial charge in [0.15, 0.2) is 0 Å². The fourth-order valence-corrected chi connectivity index (χ4v) is 2.95. The molecule has 1 aliphatic rings. The number of rotatable bonds is 8. The van der Waals surface area contributed by atoms with Gasteiger partial charge in [0.1, 0.15) is 0 Å². The number of aromatic nitrogens is 2. The molecule has 0 saturated carbocycles. The second-order valence-corrected chi connectivity index (χ2v) is 6.59. The Bertz CT molecular complexity index is 751. The SMILES string of the molecule is O=C(O)[C@H]1CNC[C@@H](CN/N=C/c2cnc(NCc3ccccc3)nc2)C1. The number of hydrazone groups is 1. The van der Waals surface area contributed by atoms with Crippen LogP contribution in [0.1, 0.15) is 17.5 Å². The molecule has 8 nitrogen and oxygen atoms in total. The molecule has 4 N–H and O–H groups in total. The average Bonchev–Trinajstić information content (AvgIpc) is 2.71. The number of nitrogens with one attached hydrogen (secondary N) is 3. The minimum absolute atomic E-state index is 0.248. The number of carboxylic acid groups (broad SMARTS) is 1. The molecule has 0 aliphatic carbocycles. The van der Waals surface area contributed by atoms with Crippen LogP contribution in [0.4, 0.5) is 5.95 Å². The van der Waals surface area contributed by atoms with Crippen LogP contribution in [0, 0.1) is 11.8 Å². The van der Waals surface area contributed by atoms with Gasteiger partial charge in [0, 0.05) is 37.6 Å². The fourth-order valence-electron chi connectivity index (χ4n) is 2.95. The van der Waals surface area contributed by atoms with Crippen molar-refractivity contribution in [3.63, 3.8) is 0 Å². The third-order valence-corrected chi connectivity index (χ3v) is 4.44. The van der Waals surface area contributed by atoms with Gasteiger partial charge in [-0.1, -0.05) is 30.3 Å². The maximum absolute atomic E-state index is 11.1. The number of benzene rings is 1. The van der Waals surface area contributed by atoms with E-state index in [1.54, 1.807) is 18.6 Å². The van der Waals surface area contributed by atoms with Crippen molar-refractivity contribution in [1.82, 2.24) is 20.7 Å². The molecular weight excluding hydrogens is 344 g/mol. The number of aliphatic carboxylic acids is 1. The van der Waals surface area contributed by atoms with Crippen LogP contribution < -0.4 is 16.1 Å². The summed E-state index contributed by atoms with van der Waals surface area (Å²) in [6.07, 6.45) is 5.73. The molecule has 1 aliphatic heterocycles. The lowest BCUT2D eigenvalue weighted by atomic mass is 9.91. The molecule has 0 unspecified atom stereocenters. The van der Waals surface area contributed by atoms with Crippen LogP contribution in [-0.2, 0) is 11.3 Å². The van der Waals surface area contributed by atoms with Gasteiger partial charge in [0.05, 0.1) is 12.1 Å². The van der Waals surface area contributed by atoms with Gasteiger partial charge in [-0.3, -0.25) is 4.79 Å². The molecule has 0 spiro atoms. The molecule has 1 aromatic carbocycles. The molecule has 0 radical (unpaired) electrons. The molecule has 1 saturated heterocycles. The van der Waals surface area contributed by atoms with Crippen molar-refractivity contribution in [3.05, 3.63) is 53.9 Å². The van der Waals surface area contributed by atoms with Crippen LogP contribution in [0.5, 0.6) is 0 Å². The Morgan fingerprint density at radius 1 is 1.26 bits per heavy atom. The first-order valence-electron chi connectivity index (χ1n) is 9.00. The molecule has 0 amide bonds. The third-order valence-electron chi connectivity index (χ3n) is 4.44. The molecule has 1 aromatic heterocycles. The molecule has 142 valence electrons. The van der Waals surface area contributed by atoms with Crippen molar-refractivity contribution in [3.8, 4) is 0 Å². The van der Waals surface area contributed by atoms with Crippen molar-refractivity contribution < 1.29 is 9.90 Å². The smallest absolute Gasteiger partial charge is 0.307 e. The van der Waals surface area contributed by atoms with E-state index in [9.17, 15) is 4.79 Å². The molecule has 2 atom stereocenters. The Labute approximate surface area is 158 Å². The number of carboxylic acids is 1. The van der Waals surface area contributed by atoms with E-state index in [4.69, 9.17) is 5.11 Å². The number of hydrogen-bond acceptors (Lipinski definition) is 7. The lowest BCUT2D eigenvalue weighted by Crippen LogP contribution is -2.42. The molecule has 3 rings (SSSR count). The molecular formula is C19H24N6O2. The van der Waals surface area contributed by atoms with Crippen LogP contribution >= 0.6 is 0 Å². The zero-order valence-corrected chi connectivity index (χ0v) is 15.0. The van der Waals surface area contributed by atoms with Gasteiger partial charge in [-0.25, -0.2) is 9.97 Å². The summed E-state index contributed by atoms with van der Waals surface area (Å²) in [7, 11) is 0. The lowest BCUT2D eigenvalue weighted by Gasteiger charge is -2.27. The van der Waals surface area contributed by atoms with E-state index in [-0.39, 0.29) is 11.8 Å². The zero-order valence-electron chi connectivity index (χ0n) is 15.0. The summed E-state index contributed by atoms with van der Waals surface area (Å²) in [5.74, 6) is -0.248. The average molecular weight is 368 g/mol. The van der Waals surface area contributed by atoms with Crippen molar-refractivity contribution >= 4 is 18.1 Å². The lowest BCUT2D eigenvalue weighted by molar-refractivity contribution is -0.142. The van der Waals surface area contributed by atoms with Crippen molar-refractivity contribution in [2.24, 2.45) is 16.9 Å². The largest absolute Gasteiger partial charge is 0.481 e. The quantitative estimate of drug-likeness (QED) is 0.411. The van der Waals surface area contributed by atoms with Gasteiger partial charge in [0.2, 0.25) is 5.95 Å². The maximum atomic E-state index is 11.1.